The molecule has 7 heteroatoms. The SMILES string of the molecule is O=C(NC[C@@H]1CCCO1)c1ccc(CN2C(=O)CCn3nc(-c4ccccc4)cc32)cc1. The van der Waals surface area contributed by atoms with Gasteiger partial charge in [-0.3, -0.25) is 14.5 Å². The monoisotopic (exact) mass is 430 g/mol. The molecule has 2 aromatic carbocycles. The van der Waals surface area contributed by atoms with Crippen molar-refractivity contribution in [2.24, 2.45) is 0 Å². The molecular formula is C25H26N4O3. The second kappa shape index (κ2) is 8.96. The largest absolute Gasteiger partial charge is 0.376 e. The first kappa shape index (κ1) is 20.5. The Morgan fingerprint density at radius 2 is 1.94 bits per heavy atom. The maximum atomic E-state index is 12.7. The number of anilines is 1. The molecule has 7 nitrogen and oxygen atoms in total. The molecular weight excluding hydrogens is 404 g/mol. The molecule has 1 fully saturated rings. The molecule has 0 unspecified atom stereocenters. The van der Waals surface area contributed by atoms with Gasteiger partial charge in [0.25, 0.3) is 5.91 Å². The molecule has 1 saturated heterocycles. The summed E-state index contributed by atoms with van der Waals surface area (Å²) in [6, 6.07) is 19.4. The molecule has 1 atom stereocenters. The number of amides is 2. The predicted octanol–water partition coefficient (Wildman–Crippen LogP) is 3.40. The van der Waals surface area contributed by atoms with Crippen molar-refractivity contribution >= 4 is 17.6 Å². The summed E-state index contributed by atoms with van der Waals surface area (Å²) in [6.45, 7) is 2.34. The minimum atomic E-state index is -0.105. The lowest BCUT2D eigenvalue weighted by atomic mass is 10.1. The number of aromatic nitrogens is 2. The smallest absolute Gasteiger partial charge is 0.251 e. The fraction of sp³-hybridized carbons (Fsp3) is 0.320. The van der Waals surface area contributed by atoms with Gasteiger partial charge in [0.05, 0.1) is 24.9 Å². The maximum absolute atomic E-state index is 12.7. The Balaban J connectivity index is 1.28. The van der Waals surface area contributed by atoms with Crippen LogP contribution in [0.15, 0.2) is 60.7 Å². The van der Waals surface area contributed by atoms with E-state index >= 15 is 0 Å². The average Bonchev–Trinajstić information content (AvgIpc) is 3.50. The third-order valence-corrected chi connectivity index (χ3v) is 6.01. The summed E-state index contributed by atoms with van der Waals surface area (Å²) >= 11 is 0. The fourth-order valence-electron chi connectivity index (χ4n) is 4.23. The highest BCUT2D eigenvalue weighted by atomic mass is 16.5. The van der Waals surface area contributed by atoms with Crippen LogP contribution in [-0.2, 0) is 22.6 Å². The van der Waals surface area contributed by atoms with Crippen LogP contribution < -0.4 is 10.2 Å². The number of hydrogen-bond donors (Lipinski definition) is 1. The molecule has 3 aromatic rings. The van der Waals surface area contributed by atoms with E-state index in [1.165, 1.54) is 0 Å². The second-order valence-corrected chi connectivity index (χ2v) is 8.25. The molecule has 1 N–H and O–H groups in total. The van der Waals surface area contributed by atoms with Gasteiger partial charge in [0.1, 0.15) is 5.82 Å². The highest BCUT2D eigenvalue weighted by Gasteiger charge is 2.26. The Bertz CT molecular complexity index is 1100. The highest BCUT2D eigenvalue weighted by molar-refractivity contribution is 5.95. The zero-order valence-electron chi connectivity index (χ0n) is 17.9. The Hall–Kier alpha value is -3.45. The first-order valence-electron chi connectivity index (χ1n) is 11.1. The number of carbonyl (C=O) groups excluding carboxylic acids is 2. The van der Waals surface area contributed by atoms with Gasteiger partial charge in [0.15, 0.2) is 0 Å². The lowest BCUT2D eigenvalue weighted by Crippen LogP contribution is -2.37. The number of ether oxygens (including phenoxy) is 1. The van der Waals surface area contributed by atoms with E-state index < -0.39 is 0 Å². The van der Waals surface area contributed by atoms with E-state index in [1.54, 1.807) is 17.0 Å². The van der Waals surface area contributed by atoms with Crippen molar-refractivity contribution in [3.8, 4) is 11.3 Å². The first-order chi connectivity index (χ1) is 15.7. The number of rotatable bonds is 6. The molecule has 1 aromatic heterocycles. The highest BCUT2D eigenvalue weighted by Crippen LogP contribution is 2.29. The molecule has 164 valence electrons. The van der Waals surface area contributed by atoms with Gasteiger partial charge in [-0.2, -0.15) is 5.10 Å². The van der Waals surface area contributed by atoms with Gasteiger partial charge >= 0.3 is 0 Å². The summed E-state index contributed by atoms with van der Waals surface area (Å²) in [4.78, 5) is 26.9. The van der Waals surface area contributed by atoms with E-state index in [2.05, 4.69) is 5.32 Å². The molecule has 0 radical (unpaired) electrons. The van der Waals surface area contributed by atoms with Crippen LogP contribution in [0.3, 0.4) is 0 Å². The number of benzene rings is 2. The van der Waals surface area contributed by atoms with Crippen LogP contribution in [0.5, 0.6) is 0 Å². The van der Waals surface area contributed by atoms with Crippen molar-refractivity contribution in [3.05, 3.63) is 71.8 Å². The summed E-state index contributed by atoms with van der Waals surface area (Å²) < 4.78 is 7.45. The molecule has 2 amide bonds. The second-order valence-electron chi connectivity index (χ2n) is 8.25. The van der Waals surface area contributed by atoms with Crippen molar-refractivity contribution in [1.29, 1.82) is 0 Å². The Labute approximate surface area is 187 Å². The lowest BCUT2D eigenvalue weighted by molar-refractivity contribution is -0.119. The van der Waals surface area contributed by atoms with Gasteiger partial charge in [0.2, 0.25) is 5.91 Å². The van der Waals surface area contributed by atoms with Crippen molar-refractivity contribution in [1.82, 2.24) is 15.1 Å². The van der Waals surface area contributed by atoms with Crippen molar-refractivity contribution < 1.29 is 14.3 Å². The summed E-state index contributed by atoms with van der Waals surface area (Å²) in [7, 11) is 0. The standard InChI is InChI=1S/C25H26N4O3/c30-24-12-13-29-23(15-22(27-29)19-5-2-1-3-6-19)28(24)17-18-8-10-20(11-9-18)25(31)26-16-21-7-4-14-32-21/h1-3,5-6,8-11,15,21H,4,7,12-14,16-17H2,(H,26,31)/t21-/m0/s1. The average molecular weight is 431 g/mol. The van der Waals surface area contributed by atoms with Gasteiger partial charge in [-0.25, -0.2) is 4.68 Å². The number of nitrogens with one attached hydrogen (secondary N) is 1. The van der Waals surface area contributed by atoms with E-state index in [1.807, 2.05) is 53.2 Å². The van der Waals surface area contributed by atoms with Gasteiger partial charge in [-0.05, 0) is 30.5 Å². The van der Waals surface area contributed by atoms with Gasteiger partial charge in [-0.15, -0.1) is 0 Å². The molecule has 32 heavy (non-hydrogen) atoms. The van der Waals surface area contributed by atoms with Crippen LogP contribution in [0.2, 0.25) is 0 Å². The third-order valence-electron chi connectivity index (χ3n) is 6.01. The molecule has 0 bridgehead atoms. The number of hydrogen-bond acceptors (Lipinski definition) is 4. The minimum Gasteiger partial charge on any atom is -0.376 e. The summed E-state index contributed by atoms with van der Waals surface area (Å²) in [5.74, 6) is 0.778. The zero-order chi connectivity index (χ0) is 21.9. The molecule has 0 spiro atoms. The van der Waals surface area contributed by atoms with Crippen molar-refractivity contribution in [2.45, 2.75) is 38.5 Å². The van der Waals surface area contributed by atoms with E-state index in [0.717, 1.165) is 42.1 Å². The fourth-order valence-corrected chi connectivity index (χ4v) is 4.23. The topological polar surface area (TPSA) is 76.5 Å². The number of fused-ring (bicyclic) bond motifs is 1. The van der Waals surface area contributed by atoms with Crippen LogP contribution in [0.25, 0.3) is 11.3 Å². The van der Waals surface area contributed by atoms with Crippen LogP contribution >= 0.6 is 0 Å². The predicted molar refractivity (Wildman–Crippen MR) is 121 cm³/mol. The first-order valence-corrected chi connectivity index (χ1v) is 11.1. The van der Waals surface area contributed by atoms with E-state index in [4.69, 9.17) is 9.84 Å². The van der Waals surface area contributed by atoms with Gasteiger partial charge in [0, 0.05) is 36.8 Å². The third kappa shape index (κ3) is 4.29. The molecule has 5 rings (SSSR count). The van der Waals surface area contributed by atoms with Crippen LogP contribution in [0, 0.1) is 0 Å². The zero-order valence-corrected chi connectivity index (χ0v) is 17.9. The molecule has 2 aliphatic rings. The summed E-state index contributed by atoms with van der Waals surface area (Å²) in [6.07, 6.45) is 2.59. The maximum Gasteiger partial charge on any atom is 0.251 e. The minimum absolute atomic E-state index is 0.0791. The van der Waals surface area contributed by atoms with Crippen molar-refractivity contribution in [2.75, 3.05) is 18.1 Å². The Kier molecular flexibility index (Phi) is 5.73. The molecule has 0 saturated carbocycles. The summed E-state index contributed by atoms with van der Waals surface area (Å²) in [5, 5.41) is 7.64. The summed E-state index contributed by atoms with van der Waals surface area (Å²) in [5.41, 5.74) is 3.46. The van der Waals surface area contributed by atoms with Crippen LogP contribution in [-0.4, -0.2) is 40.9 Å². The molecule has 3 heterocycles. The van der Waals surface area contributed by atoms with E-state index in [-0.39, 0.29) is 17.9 Å². The van der Waals surface area contributed by atoms with Crippen LogP contribution in [0.1, 0.15) is 35.2 Å². The molecule has 2 aliphatic heterocycles. The number of aryl methyl sites for hydroxylation is 1. The molecule has 0 aliphatic carbocycles. The van der Waals surface area contributed by atoms with Crippen molar-refractivity contribution in [3.63, 3.8) is 0 Å². The van der Waals surface area contributed by atoms with Gasteiger partial charge in [-0.1, -0.05) is 42.5 Å². The lowest BCUT2D eigenvalue weighted by Gasteiger charge is -2.27. The quantitative estimate of drug-likeness (QED) is 0.650. The number of carbonyl (C=O) groups is 2. The van der Waals surface area contributed by atoms with Gasteiger partial charge < -0.3 is 10.1 Å². The van der Waals surface area contributed by atoms with Crippen LogP contribution in [0.4, 0.5) is 5.82 Å². The van der Waals surface area contributed by atoms with E-state index in [9.17, 15) is 9.59 Å². The number of nitrogens with zero attached hydrogens (tertiary/aromatic N) is 3. The Morgan fingerprint density at radius 3 is 2.69 bits per heavy atom. The Morgan fingerprint density at radius 1 is 1.12 bits per heavy atom. The normalized spacial score (nSPS) is 17.9. The van der Waals surface area contributed by atoms with E-state index in [0.29, 0.717) is 31.6 Å².